The van der Waals surface area contributed by atoms with Crippen LogP contribution >= 0.6 is 0 Å². The molecule has 0 amide bonds. The van der Waals surface area contributed by atoms with Crippen molar-refractivity contribution in [2.75, 3.05) is 6.61 Å². The molecule has 1 rings (SSSR count). The van der Waals surface area contributed by atoms with E-state index in [1.807, 2.05) is 13.8 Å². The molecule has 1 aromatic rings. The third-order valence-electron chi connectivity index (χ3n) is 2.71. The molecule has 0 spiro atoms. The molecule has 1 unspecified atom stereocenters. The lowest BCUT2D eigenvalue weighted by Gasteiger charge is -2.12. The number of hydrogen-bond donors (Lipinski definition) is 0. The van der Waals surface area contributed by atoms with Gasteiger partial charge in [0.15, 0.2) is 0 Å². The summed E-state index contributed by atoms with van der Waals surface area (Å²) in [5.41, 5.74) is -1.78. The molecule has 19 heavy (non-hydrogen) atoms. The van der Waals surface area contributed by atoms with Crippen molar-refractivity contribution in [1.82, 2.24) is 0 Å². The summed E-state index contributed by atoms with van der Waals surface area (Å²) in [6, 6.07) is 1.66. The second kappa shape index (κ2) is 6.04. The Balaban J connectivity index is 2.90. The van der Waals surface area contributed by atoms with Gasteiger partial charge < -0.3 is 4.74 Å². The third kappa shape index (κ3) is 4.22. The van der Waals surface area contributed by atoms with Crippen LogP contribution in [0.2, 0.25) is 0 Å². The number of carbonyl (C=O) groups is 1. The van der Waals surface area contributed by atoms with E-state index in [-0.39, 0.29) is 12.5 Å². The van der Waals surface area contributed by atoms with E-state index in [0.717, 1.165) is 6.42 Å². The summed E-state index contributed by atoms with van der Waals surface area (Å²) in [6.07, 6.45) is -3.88. The van der Waals surface area contributed by atoms with E-state index in [4.69, 9.17) is 4.74 Å². The van der Waals surface area contributed by atoms with E-state index in [9.17, 15) is 22.4 Å². The summed E-state index contributed by atoms with van der Waals surface area (Å²) in [7, 11) is 0. The van der Waals surface area contributed by atoms with Crippen LogP contribution in [0.1, 0.15) is 36.2 Å². The number of hydrogen-bond acceptors (Lipinski definition) is 2. The fourth-order valence-electron chi connectivity index (χ4n) is 1.27. The van der Waals surface area contributed by atoms with Gasteiger partial charge >= 0.3 is 12.1 Å². The highest BCUT2D eigenvalue weighted by molar-refractivity contribution is 5.90. The molecule has 0 saturated heterocycles. The van der Waals surface area contributed by atoms with Crippen LogP contribution in [0.25, 0.3) is 0 Å². The van der Waals surface area contributed by atoms with Crippen molar-refractivity contribution in [2.24, 2.45) is 5.92 Å². The normalized spacial score (nSPS) is 13.2. The SMILES string of the molecule is CCC(C)COC(=O)c1cc(C(F)(F)F)ccc1F. The highest BCUT2D eigenvalue weighted by Gasteiger charge is 2.32. The summed E-state index contributed by atoms with van der Waals surface area (Å²) < 4.78 is 55.5. The first-order valence-electron chi connectivity index (χ1n) is 5.79. The number of rotatable bonds is 4. The van der Waals surface area contributed by atoms with Gasteiger partial charge in [0.25, 0.3) is 0 Å². The molecule has 6 heteroatoms. The van der Waals surface area contributed by atoms with Crippen molar-refractivity contribution in [3.05, 3.63) is 35.1 Å². The minimum absolute atomic E-state index is 0.0466. The Morgan fingerprint density at radius 3 is 2.53 bits per heavy atom. The molecule has 106 valence electrons. The Kier molecular flexibility index (Phi) is 4.91. The Labute approximate surface area is 108 Å². The van der Waals surface area contributed by atoms with Gasteiger partial charge in [0.05, 0.1) is 17.7 Å². The first-order valence-corrected chi connectivity index (χ1v) is 5.79. The predicted molar refractivity (Wildman–Crippen MR) is 61.1 cm³/mol. The molecule has 0 radical (unpaired) electrons. The van der Waals surface area contributed by atoms with Crippen LogP contribution in [0, 0.1) is 11.7 Å². The fourth-order valence-corrected chi connectivity index (χ4v) is 1.27. The highest BCUT2D eigenvalue weighted by atomic mass is 19.4. The smallest absolute Gasteiger partial charge is 0.416 e. The van der Waals surface area contributed by atoms with Gasteiger partial charge in [-0.2, -0.15) is 13.2 Å². The maximum absolute atomic E-state index is 13.3. The molecular formula is C13H14F4O2. The molecule has 0 aliphatic rings. The fraction of sp³-hybridized carbons (Fsp3) is 0.462. The van der Waals surface area contributed by atoms with E-state index >= 15 is 0 Å². The lowest BCUT2D eigenvalue weighted by molar-refractivity contribution is -0.137. The van der Waals surface area contributed by atoms with E-state index in [1.54, 1.807) is 0 Å². The number of halogens is 4. The topological polar surface area (TPSA) is 26.3 Å². The number of alkyl halides is 3. The maximum atomic E-state index is 13.3. The minimum atomic E-state index is -4.63. The van der Waals surface area contributed by atoms with Gasteiger partial charge in [-0.15, -0.1) is 0 Å². The van der Waals surface area contributed by atoms with Gasteiger partial charge in [-0.05, 0) is 24.1 Å². The van der Waals surface area contributed by atoms with E-state index in [2.05, 4.69) is 0 Å². The van der Waals surface area contributed by atoms with Gasteiger partial charge in [-0.1, -0.05) is 20.3 Å². The minimum Gasteiger partial charge on any atom is -0.462 e. The summed E-state index contributed by atoms with van der Waals surface area (Å²) in [6.45, 7) is 3.74. The molecule has 1 atom stereocenters. The van der Waals surface area contributed by atoms with Crippen LogP contribution in [-0.4, -0.2) is 12.6 Å². The Morgan fingerprint density at radius 1 is 1.37 bits per heavy atom. The van der Waals surface area contributed by atoms with Crippen LogP contribution in [0.5, 0.6) is 0 Å². The van der Waals surface area contributed by atoms with Crippen LogP contribution in [-0.2, 0) is 10.9 Å². The highest BCUT2D eigenvalue weighted by Crippen LogP contribution is 2.30. The summed E-state index contributed by atoms with van der Waals surface area (Å²) >= 11 is 0. The monoisotopic (exact) mass is 278 g/mol. The van der Waals surface area contributed by atoms with Gasteiger partial charge in [-0.25, -0.2) is 9.18 Å². The van der Waals surface area contributed by atoms with Crippen molar-refractivity contribution < 1.29 is 27.1 Å². The summed E-state index contributed by atoms with van der Waals surface area (Å²) in [4.78, 5) is 11.5. The summed E-state index contributed by atoms with van der Waals surface area (Å²) in [5, 5.41) is 0. The lowest BCUT2D eigenvalue weighted by atomic mass is 10.1. The zero-order chi connectivity index (χ0) is 14.6. The Hall–Kier alpha value is -1.59. The molecule has 0 aliphatic heterocycles. The Morgan fingerprint density at radius 2 is 2.00 bits per heavy atom. The molecule has 2 nitrogen and oxygen atoms in total. The summed E-state index contributed by atoms with van der Waals surface area (Å²) in [5.74, 6) is -2.04. The molecule has 0 heterocycles. The van der Waals surface area contributed by atoms with Crippen molar-refractivity contribution >= 4 is 5.97 Å². The van der Waals surface area contributed by atoms with E-state index in [1.165, 1.54) is 0 Å². The number of ether oxygens (including phenoxy) is 1. The van der Waals surface area contributed by atoms with E-state index < -0.39 is 29.1 Å². The zero-order valence-electron chi connectivity index (χ0n) is 10.6. The Bertz CT molecular complexity index is 454. The zero-order valence-corrected chi connectivity index (χ0v) is 10.6. The second-order valence-corrected chi connectivity index (χ2v) is 4.30. The number of esters is 1. The molecule has 0 aromatic heterocycles. The molecule has 1 aromatic carbocycles. The second-order valence-electron chi connectivity index (χ2n) is 4.30. The average molecular weight is 278 g/mol. The van der Waals surface area contributed by atoms with Crippen molar-refractivity contribution in [1.29, 1.82) is 0 Å². The van der Waals surface area contributed by atoms with Crippen LogP contribution in [0.3, 0.4) is 0 Å². The van der Waals surface area contributed by atoms with Crippen LogP contribution in [0.4, 0.5) is 17.6 Å². The molecule has 0 aliphatic carbocycles. The number of carbonyl (C=O) groups excluding carboxylic acids is 1. The largest absolute Gasteiger partial charge is 0.462 e. The van der Waals surface area contributed by atoms with E-state index in [0.29, 0.717) is 18.2 Å². The lowest BCUT2D eigenvalue weighted by Crippen LogP contribution is -2.14. The molecule has 0 saturated carbocycles. The molecule has 0 fully saturated rings. The van der Waals surface area contributed by atoms with Crippen LogP contribution in [0.15, 0.2) is 18.2 Å². The first kappa shape index (κ1) is 15.5. The average Bonchev–Trinajstić information content (AvgIpc) is 2.34. The first-order chi connectivity index (χ1) is 8.75. The van der Waals surface area contributed by atoms with Crippen molar-refractivity contribution in [2.45, 2.75) is 26.4 Å². The quantitative estimate of drug-likeness (QED) is 0.613. The van der Waals surface area contributed by atoms with Gasteiger partial charge in [0.2, 0.25) is 0 Å². The van der Waals surface area contributed by atoms with Crippen molar-refractivity contribution in [3.63, 3.8) is 0 Å². The standard InChI is InChI=1S/C13H14F4O2/c1-3-8(2)7-19-12(18)10-6-9(13(15,16)17)4-5-11(10)14/h4-6,8H,3,7H2,1-2H3. The predicted octanol–water partition coefficient (Wildman–Crippen LogP) is 4.05. The van der Waals surface area contributed by atoms with Crippen molar-refractivity contribution in [3.8, 4) is 0 Å². The van der Waals surface area contributed by atoms with Crippen LogP contribution < -0.4 is 0 Å². The van der Waals surface area contributed by atoms with Gasteiger partial charge in [0, 0.05) is 0 Å². The third-order valence-corrected chi connectivity index (χ3v) is 2.71. The molecular weight excluding hydrogens is 264 g/mol. The molecule has 0 N–H and O–H groups in total. The van der Waals surface area contributed by atoms with Gasteiger partial charge in [0.1, 0.15) is 5.82 Å². The van der Waals surface area contributed by atoms with Gasteiger partial charge in [-0.3, -0.25) is 0 Å². The maximum Gasteiger partial charge on any atom is 0.416 e. The molecule has 0 bridgehead atoms. The number of benzene rings is 1.